The number of carbonyl (C=O) groups is 1. The van der Waals surface area contributed by atoms with Crippen LogP contribution in [0.5, 0.6) is 0 Å². The van der Waals surface area contributed by atoms with E-state index in [1.54, 1.807) is 19.2 Å². The molecule has 0 unspecified atom stereocenters. The Morgan fingerprint density at radius 2 is 1.83 bits per heavy atom. The van der Waals surface area contributed by atoms with Crippen molar-refractivity contribution in [2.75, 3.05) is 30.4 Å². The lowest BCUT2D eigenvalue weighted by atomic mass is 10.1. The van der Waals surface area contributed by atoms with Gasteiger partial charge >= 0.3 is 0 Å². The molecule has 1 aliphatic rings. The van der Waals surface area contributed by atoms with Gasteiger partial charge in [-0.15, -0.1) is 0 Å². The molecule has 1 amide bonds. The molecule has 1 N–H and O–H groups in total. The zero-order chi connectivity index (χ0) is 16.2. The quantitative estimate of drug-likeness (QED) is 0.914. The number of rotatable bonds is 5. The van der Waals surface area contributed by atoms with E-state index >= 15 is 0 Å². The summed E-state index contributed by atoms with van der Waals surface area (Å²) in [5.74, 6) is -0.0385. The van der Waals surface area contributed by atoms with Gasteiger partial charge in [-0.25, -0.2) is 0 Å². The summed E-state index contributed by atoms with van der Waals surface area (Å²) in [5.41, 5.74) is 2.89. The van der Waals surface area contributed by atoms with Crippen LogP contribution in [0.2, 0.25) is 5.02 Å². The minimum atomic E-state index is -0.0385. The minimum absolute atomic E-state index is 0.0385. The molecule has 0 atom stereocenters. The molecule has 5 heteroatoms. The maximum absolute atomic E-state index is 12.1. The average Bonchev–Trinajstić information content (AvgIpc) is 2.50. The monoisotopic (exact) mass is 330 g/mol. The predicted octanol–water partition coefficient (Wildman–Crippen LogP) is 3.36. The maximum Gasteiger partial charge on any atom is 0.228 e. The first-order valence-corrected chi connectivity index (χ1v) is 7.94. The predicted molar refractivity (Wildman–Crippen MR) is 93.2 cm³/mol. The number of hydrogen-bond acceptors (Lipinski definition) is 3. The third-order valence-electron chi connectivity index (χ3n) is 3.98. The van der Waals surface area contributed by atoms with Gasteiger partial charge < -0.3 is 15.0 Å². The number of nitrogens with zero attached hydrogens (tertiary/aromatic N) is 1. The Morgan fingerprint density at radius 3 is 2.43 bits per heavy atom. The number of nitrogens with one attached hydrogen (secondary N) is 1. The number of amides is 1. The highest BCUT2D eigenvalue weighted by Gasteiger charge is 2.26. The Kier molecular flexibility index (Phi) is 4.84. The van der Waals surface area contributed by atoms with Crippen molar-refractivity contribution >= 4 is 28.9 Å². The number of anilines is 2. The van der Waals surface area contributed by atoms with E-state index in [-0.39, 0.29) is 5.91 Å². The van der Waals surface area contributed by atoms with E-state index in [4.69, 9.17) is 16.3 Å². The van der Waals surface area contributed by atoms with Gasteiger partial charge in [0.25, 0.3) is 0 Å². The van der Waals surface area contributed by atoms with Crippen LogP contribution in [0.1, 0.15) is 5.56 Å². The van der Waals surface area contributed by atoms with Gasteiger partial charge in [0.15, 0.2) is 0 Å². The molecule has 0 aliphatic carbocycles. The van der Waals surface area contributed by atoms with E-state index in [0.29, 0.717) is 17.5 Å². The second-order valence-electron chi connectivity index (χ2n) is 5.66. The largest absolute Gasteiger partial charge is 0.378 e. The van der Waals surface area contributed by atoms with Crippen molar-refractivity contribution in [2.24, 2.45) is 0 Å². The van der Waals surface area contributed by atoms with Crippen LogP contribution in [0.25, 0.3) is 0 Å². The minimum Gasteiger partial charge on any atom is -0.378 e. The Bertz CT molecular complexity index is 664. The molecule has 120 valence electrons. The molecule has 23 heavy (non-hydrogen) atoms. The molecule has 1 saturated heterocycles. The lowest BCUT2D eigenvalue weighted by molar-refractivity contribution is -0.115. The summed E-state index contributed by atoms with van der Waals surface area (Å²) in [5, 5.41) is 3.58. The highest BCUT2D eigenvalue weighted by Crippen LogP contribution is 2.24. The normalized spacial score (nSPS) is 14.4. The molecule has 2 aromatic carbocycles. The zero-order valence-electron chi connectivity index (χ0n) is 13.0. The molecule has 3 rings (SSSR count). The SMILES string of the molecule is COC1CN(c2ccc(NC(=O)Cc3ccc(Cl)cc3)cc2)C1. The maximum atomic E-state index is 12.1. The van der Waals surface area contributed by atoms with Crippen LogP contribution >= 0.6 is 11.6 Å². The van der Waals surface area contributed by atoms with Crippen LogP contribution in [0, 0.1) is 0 Å². The van der Waals surface area contributed by atoms with Gasteiger partial charge in [0, 0.05) is 36.6 Å². The first kappa shape index (κ1) is 15.8. The Balaban J connectivity index is 1.53. The van der Waals surface area contributed by atoms with Gasteiger partial charge in [-0.05, 0) is 42.0 Å². The molecule has 0 radical (unpaired) electrons. The Morgan fingerprint density at radius 1 is 1.17 bits per heavy atom. The van der Waals surface area contributed by atoms with E-state index in [0.717, 1.165) is 30.0 Å². The third kappa shape index (κ3) is 4.03. The van der Waals surface area contributed by atoms with Crippen molar-refractivity contribution in [3.05, 3.63) is 59.1 Å². The highest BCUT2D eigenvalue weighted by atomic mass is 35.5. The van der Waals surface area contributed by atoms with Crippen molar-refractivity contribution in [1.29, 1.82) is 0 Å². The van der Waals surface area contributed by atoms with E-state index in [1.165, 1.54) is 0 Å². The Hall–Kier alpha value is -2.04. The summed E-state index contributed by atoms with van der Waals surface area (Å²) in [4.78, 5) is 14.3. The van der Waals surface area contributed by atoms with Crippen LogP contribution in [0.3, 0.4) is 0 Å². The Labute approximate surface area is 141 Å². The molecule has 0 aromatic heterocycles. The van der Waals surface area contributed by atoms with Gasteiger partial charge in [-0.1, -0.05) is 23.7 Å². The van der Waals surface area contributed by atoms with Crippen LogP contribution in [0.4, 0.5) is 11.4 Å². The van der Waals surface area contributed by atoms with Crippen molar-refractivity contribution in [3.8, 4) is 0 Å². The fraction of sp³-hybridized carbons (Fsp3) is 0.278. The molecule has 4 nitrogen and oxygen atoms in total. The molecular weight excluding hydrogens is 312 g/mol. The van der Waals surface area contributed by atoms with E-state index in [2.05, 4.69) is 10.2 Å². The summed E-state index contributed by atoms with van der Waals surface area (Å²) in [7, 11) is 1.74. The van der Waals surface area contributed by atoms with E-state index < -0.39 is 0 Å². The number of hydrogen-bond donors (Lipinski definition) is 1. The summed E-state index contributed by atoms with van der Waals surface area (Å²) >= 11 is 5.84. The lowest BCUT2D eigenvalue weighted by Crippen LogP contribution is -2.51. The third-order valence-corrected chi connectivity index (χ3v) is 4.23. The van der Waals surface area contributed by atoms with Crippen LogP contribution in [-0.2, 0) is 16.0 Å². The van der Waals surface area contributed by atoms with Gasteiger partial charge in [0.2, 0.25) is 5.91 Å². The average molecular weight is 331 g/mol. The molecular formula is C18H19ClN2O2. The van der Waals surface area contributed by atoms with E-state index in [9.17, 15) is 4.79 Å². The zero-order valence-corrected chi connectivity index (χ0v) is 13.7. The van der Waals surface area contributed by atoms with Crippen LogP contribution < -0.4 is 10.2 Å². The number of halogens is 1. The van der Waals surface area contributed by atoms with Crippen molar-refractivity contribution in [2.45, 2.75) is 12.5 Å². The summed E-state index contributed by atoms with van der Waals surface area (Å²) < 4.78 is 5.27. The standard InChI is InChI=1S/C18H19ClN2O2/c1-23-17-11-21(12-17)16-8-6-15(7-9-16)20-18(22)10-13-2-4-14(19)5-3-13/h2-9,17H,10-12H2,1H3,(H,20,22). The van der Waals surface area contributed by atoms with Crippen LogP contribution in [0.15, 0.2) is 48.5 Å². The molecule has 2 aromatic rings. The summed E-state index contributed by atoms with van der Waals surface area (Å²) in [6.07, 6.45) is 0.661. The number of benzene rings is 2. The fourth-order valence-corrected chi connectivity index (χ4v) is 2.67. The van der Waals surface area contributed by atoms with Crippen molar-refractivity contribution in [3.63, 3.8) is 0 Å². The van der Waals surface area contributed by atoms with Gasteiger partial charge in [-0.2, -0.15) is 0 Å². The highest BCUT2D eigenvalue weighted by molar-refractivity contribution is 6.30. The molecule has 1 aliphatic heterocycles. The van der Waals surface area contributed by atoms with Gasteiger partial charge in [0.05, 0.1) is 12.5 Å². The molecule has 0 bridgehead atoms. The topological polar surface area (TPSA) is 41.6 Å². The van der Waals surface area contributed by atoms with Crippen molar-refractivity contribution < 1.29 is 9.53 Å². The van der Waals surface area contributed by atoms with Crippen LogP contribution in [-0.4, -0.2) is 32.2 Å². The van der Waals surface area contributed by atoms with Gasteiger partial charge in [0.1, 0.15) is 0 Å². The van der Waals surface area contributed by atoms with E-state index in [1.807, 2.05) is 36.4 Å². The fourth-order valence-electron chi connectivity index (χ4n) is 2.55. The van der Waals surface area contributed by atoms with Gasteiger partial charge in [-0.3, -0.25) is 4.79 Å². The second kappa shape index (κ2) is 7.02. The summed E-state index contributed by atoms with van der Waals surface area (Å²) in [6.45, 7) is 1.83. The molecule has 1 fully saturated rings. The lowest BCUT2D eigenvalue weighted by Gasteiger charge is -2.40. The molecule has 1 heterocycles. The first-order chi connectivity index (χ1) is 11.1. The molecule has 0 saturated carbocycles. The smallest absolute Gasteiger partial charge is 0.228 e. The number of methoxy groups -OCH3 is 1. The molecule has 0 spiro atoms. The second-order valence-corrected chi connectivity index (χ2v) is 6.10. The van der Waals surface area contributed by atoms with Crippen molar-refractivity contribution in [1.82, 2.24) is 0 Å². The summed E-state index contributed by atoms with van der Waals surface area (Å²) in [6, 6.07) is 15.2. The number of ether oxygens (including phenoxy) is 1. The number of carbonyl (C=O) groups excluding carboxylic acids is 1. The first-order valence-electron chi connectivity index (χ1n) is 7.56.